The predicted molar refractivity (Wildman–Crippen MR) is 77.6 cm³/mol. The molecule has 0 unspecified atom stereocenters. The minimum Gasteiger partial charge on any atom is -0.493 e. The predicted octanol–water partition coefficient (Wildman–Crippen LogP) is 2.19. The van der Waals surface area contributed by atoms with Crippen molar-refractivity contribution in [3.8, 4) is 28.5 Å². The van der Waals surface area contributed by atoms with E-state index in [9.17, 15) is 18.7 Å². The molecule has 0 aliphatic rings. The van der Waals surface area contributed by atoms with Crippen molar-refractivity contribution in [2.75, 3.05) is 0 Å². The van der Waals surface area contributed by atoms with E-state index >= 15 is 0 Å². The standard InChI is InChI=1S/C15H10F2N4O2/c1-7-4-8(16)11(9(17)5-7)12-14(22)20-13(21-15(12)23)10-6-18-2-3-19-10/h2-6H,1H3,(H2,20,21,22,23). The Balaban J connectivity index is 2.22. The van der Waals surface area contributed by atoms with Gasteiger partial charge in [-0.3, -0.25) is 9.78 Å². The highest BCUT2D eigenvalue weighted by molar-refractivity contribution is 5.70. The second kappa shape index (κ2) is 5.56. The van der Waals surface area contributed by atoms with Gasteiger partial charge < -0.3 is 10.1 Å². The summed E-state index contributed by atoms with van der Waals surface area (Å²) < 4.78 is 28.1. The molecule has 23 heavy (non-hydrogen) atoms. The summed E-state index contributed by atoms with van der Waals surface area (Å²) >= 11 is 0. The number of aromatic hydroxyl groups is 1. The highest BCUT2D eigenvalue weighted by Crippen LogP contribution is 2.30. The van der Waals surface area contributed by atoms with Crippen molar-refractivity contribution >= 4 is 0 Å². The first-order valence-corrected chi connectivity index (χ1v) is 6.53. The van der Waals surface area contributed by atoms with Crippen LogP contribution in [0.1, 0.15) is 5.56 Å². The molecular weight excluding hydrogens is 306 g/mol. The zero-order valence-electron chi connectivity index (χ0n) is 11.8. The van der Waals surface area contributed by atoms with Gasteiger partial charge >= 0.3 is 0 Å². The van der Waals surface area contributed by atoms with E-state index in [2.05, 4.69) is 19.9 Å². The van der Waals surface area contributed by atoms with E-state index in [0.29, 0.717) is 5.56 Å². The van der Waals surface area contributed by atoms with Crippen LogP contribution in [0.2, 0.25) is 0 Å². The van der Waals surface area contributed by atoms with Crippen LogP contribution < -0.4 is 5.56 Å². The van der Waals surface area contributed by atoms with E-state index in [1.165, 1.54) is 25.5 Å². The molecule has 0 bridgehead atoms. The van der Waals surface area contributed by atoms with Gasteiger partial charge in [-0.2, -0.15) is 4.98 Å². The summed E-state index contributed by atoms with van der Waals surface area (Å²) in [5.41, 5.74) is -1.54. The number of hydrogen-bond donors (Lipinski definition) is 2. The zero-order valence-corrected chi connectivity index (χ0v) is 11.8. The summed E-state index contributed by atoms with van der Waals surface area (Å²) in [6.07, 6.45) is 4.12. The molecule has 116 valence electrons. The molecule has 3 aromatic rings. The molecule has 8 heteroatoms. The van der Waals surface area contributed by atoms with Crippen molar-refractivity contribution in [2.45, 2.75) is 6.92 Å². The lowest BCUT2D eigenvalue weighted by Crippen LogP contribution is -2.14. The van der Waals surface area contributed by atoms with Gasteiger partial charge in [0.25, 0.3) is 5.56 Å². The largest absolute Gasteiger partial charge is 0.493 e. The normalized spacial score (nSPS) is 10.7. The van der Waals surface area contributed by atoms with Gasteiger partial charge in [-0.05, 0) is 24.6 Å². The average Bonchev–Trinajstić information content (AvgIpc) is 2.49. The van der Waals surface area contributed by atoms with Crippen LogP contribution in [0.3, 0.4) is 0 Å². The molecule has 0 spiro atoms. The number of rotatable bonds is 2. The van der Waals surface area contributed by atoms with Crippen LogP contribution in [0.5, 0.6) is 5.88 Å². The Bertz CT molecular complexity index is 919. The lowest BCUT2D eigenvalue weighted by atomic mass is 10.0. The first-order chi connectivity index (χ1) is 11.0. The Morgan fingerprint density at radius 2 is 1.83 bits per heavy atom. The Kier molecular flexibility index (Phi) is 3.57. The second-order valence-electron chi connectivity index (χ2n) is 4.81. The summed E-state index contributed by atoms with van der Waals surface area (Å²) in [7, 11) is 0. The summed E-state index contributed by atoms with van der Waals surface area (Å²) in [4.78, 5) is 26.0. The maximum atomic E-state index is 14.0. The van der Waals surface area contributed by atoms with E-state index in [0.717, 1.165) is 12.1 Å². The topological polar surface area (TPSA) is 91.8 Å². The minimum absolute atomic E-state index is 0.0581. The number of nitrogens with zero attached hydrogens (tertiary/aromatic N) is 3. The van der Waals surface area contributed by atoms with Crippen molar-refractivity contribution in [3.05, 3.63) is 58.3 Å². The highest BCUT2D eigenvalue weighted by Gasteiger charge is 2.21. The third-order valence-corrected chi connectivity index (χ3v) is 3.14. The number of aromatic amines is 1. The Labute approximate surface area is 128 Å². The first-order valence-electron chi connectivity index (χ1n) is 6.53. The van der Waals surface area contributed by atoms with Crippen molar-refractivity contribution in [1.82, 2.24) is 19.9 Å². The molecule has 0 aliphatic carbocycles. The van der Waals surface area contributed by atoms with Crippen LogP contribution in [-0.4, -0.2) is 25.0 Å². The van der Waals surface area contributed by atoms with Gasteiger partial charge in [-0.25, -0.2) is 13.8 Å². The van der Waals surface area contributed by atoms with Crippen LogP contribution in [0.25, 0.3) is 22.6 Å². The third-order valence-electron chi connectivity index (χ3n) is 3.14. The average molecular weight is 316 g/mol. The highest BCUT2D eigenvalue weighted by atomic mass is 19.1. The molecule has 0 saturated carbocycles. The summed E-state index contributed by atoms with van der Waals surface area (Å²) in [6, 6.07) is 2.13. The van der Waals surface area contributed by atoms with Crippen LogP contribution in [0, 0.1) is 18.6 Å². The SMILES string of the molecule is Cc1cc(F)c(-c2c(O)nc(-c3cnccn3)[nH]c2=O)c(F)c1. The number of hydrogen-bond acceptors (Lipinski definition) is 5. The fourth-order valence-corrected chi connectivity index (χ4v) is 2.17. The fourth-order valence-electron chi connectivity index (χ4n) is 2.17. The lowest BCUT2D eigenvalue weighted by molar-refractivity contribution is 0.452. The Morgan fingerprint density at radius 1 is 1.13 bits per heavy atom. The molecule has 2 aromatic heterocycles. The quantitative estimate of drug-likeness (QED) is 0.756. The number of H-pyrrole nitrogens is 1. The van der Waals surface area contributed by atoms with Crippen LogP contribution in [-0.2, 0) is 0 Å². The monoisotopic (exact) mass is 316 g/mol. The molecule has 0 fully saturated rings. The maximum Gasteiger partial charge on any atom is 0.263 e. The number of benzene rings is 1. The Morgan fingerprint density at radius 3 is 2.39 bits per heavy atom. The smallest absolute Gasteiger partial charge is 0.263 e. The van der Waals surface area contributed by atoms with Crippen molar-refractivity contribution < 1.29 is 13.9 Å². The van der Waals surface area contributed by atoms with Gasteiger partial charge in [-0.1, -0.05) is 0 Å². The van der Waals surface area contributed by atoms with E-state index in [-0.39, 0.29) is 11.5 Å². The summed E-state index contributed by atoms with van der Waals surface area (Å²) in [5, 5.41) is 9.99. The molecule has 0 radical (unpaired) electrons. The number of aromatic nitrogens is 4. The maximum absolute atomic E-state index is 14.0. The van der Waals surface area contributed by atoms with Gasteiger partial charge in [0.05, 0.1) is 11.8 Å². The number of halogens is 2. The molecule has 6 nitrogen and oxygen atoms in total. The second-order valence-corrected chi connectivity index (χ2v) is 4.81. The molecule has 0 aliphatic heterocycles. The van der Waals surface area contributed by atoms with E-state index in [1.807, 2.05) is 0 Å². The van der Waals surface area contributed by atoms with Crippen molar-refractivity contribution in [1.29, 1.82) is 0 Å². The Hall–Kier alpha value is -3.16. The molecule has 2 N–H and O–H groups in total. The number of nitrogens with one attached hydrogen (secondary N) is 1. The molecule has 1 aromatic carbocycles. The van der Waals surface area contributed by atoms with Crippen LogP contribution >= 0.6 is 0 Å². The molecule has 3 rings (SSSR count). The molecule has 2 heterocycles. The van der Waals surface area contributed by atoms with Gasteiger partial charge in [0.2, 0.25) is 5.88 Å². The molecule has 0 amide bonds. The van der Waals surface area contributed by atoms with Gasteiger partial charge in [0.15, 0.2) is 5.82 Å². The number of aryl methyl sites for hydroxylation is 1. The van der Waals surface area contributed by atoms with Gasteiger partial charge in [-0.15, -0.1) is 0 Å². The van der Waals surface area contributed by atoms with Crippen molar-refractivity contribution in [3.63, 3.8) is 0 Å². The van der Waals surface area contributed by atoms with E-state index < -0.39 is 34.2 Å². The zero-order chi connectivity index (χ0) is 16.6. The molecule has 0 atom stereocenters. The minimum atomic E-state index is -0.961. The molecule has 0 saturated heterocycles. The fraction of sp³-hybridized carbons (Fsp3) is 0.0667. The van der Waals surface area contributed by atoms with Gasteiger partial charge in [0.1, 0.15) is 22.9 Å². The molecular formula is C15H10F2N4O2. The summed E-state index contributed by atoms with van der Waals surface area (Å²) in [5.74, 6) is -2.77. The van der Waals surface area contributed by atoms with Crippen molar-refractivity contribution in [2.24, 2.45) is 0 Å². The van der Waals surface area contributed by atoms with Crippen LogP contribution in [0.4, 0.5) is 8.78 Å². The van der Waals surface area contributed by atoms with Crippen LogP contribution in [0.15, 0.2) is 35.5 Å². The van der Waals surface area contributed by atoms with Gasteiger partial charge in [0, 0.05) is 12.4 Å². The summed E-state index contributed by atoms with van der Waals surface area (Å²) in [6.45, 7) is 1.51. The lowest BCUT2D eigenvalue weighted by Gasteiger charge is -2.08. The van der Waals surface area contributed by atoms with E-state index in [4.69, 9.17) is 0 Å². The third kappa shape index (κ3) is 2.66. The first kappa shape index (κ1) is 14.8. The van der Waals surface area contributed by atoms with E-state index in [1.54, 1.807) is 0 Å².